The summed E-state index contributed by atoms with van der Waals surface area (Å²) >= 11 is -0.145. The minimum Gasteiger partial charge on any atom is -1.00 e. The third-order valence-corrected chi connectivity index (χ3v) is 10.4. The molecule has 3 aliphatic rings. The average Bonchev–Trinajstić information content (AvgIpc) is 2.66. The Labute approximate surface area is 157 Å². The predicted octanol–water partition coefficient (Wildman–Crippen LogP) is -0.259. The molecule has 0 amide bonds. The Bertz CT molecular complexity index is 607. The zero-order valence-electron chi connectivity index (χ0n) is 15.0. The number of allylic oxidation sites excluding steroid dienone is 8. The van der Waals surface area contributed by atoms with Gasteiger partial charge in [-0.15, -0.1) is 0 Å². The molecule has 2 atom stereocenters. The molecule has 0 N–H and O–H groups in total. The Morgan fingerprint density at radius 3 is 1.27 bits per heavy atom. The molecule has 3 heteroatoms. The Balaban J connectivity index is 0.00000121. The van der Waals surface area contributed by atoms with Gasteiger partial charge in [-0.3, -0.25) is 0 Å². The maximum Gasteiger partial charge on any atom is -1.00 e. The van der Waals surface area contributed by atoms with Crippen LogP contribution in [0.5, 0.6) is 0 Å². The van der Waals surface area contributed by atoms with Crippen LogP contribution in [0.25, 0.3) is 0 Å². The first-order chi connectivity index (χ1) is 9.14. The van der Waals surface area contributed by atoms with Crippen molar-refractivity contribution in [3.63, 3.8) is 0 Å². The van der Waals surface area contributed by atoms with Gasteiger partial charge in [0.2, 0.25) is 0 Å². The second-order valence-corrected chi connectivity index (χ2v) is 9.42. The minimum atomic E-state index is -0.145. The van der Waals surface area contributed by atoms with Crippen molar-refractivity contribution in [2.24, 2.45) is 10.8 Å². The molecule has 1 heterocycles. The summed E-state index contributed by atoms with van der Waals surface area (Å²) in [6.07, 6.45) is 1.29. The van der Waals surface area contributed by atoms with Crippen LogP contribution in [0, 0.1) is 10.8 Å². The van der Waals surface area contributed by atoms with Gasteiger partial charge in [0.1, 0.15) is 0 Å². The Kier molecular flexibility index (Phi) is 5.50. The number of halogens is 2. The van der Waals surface area contributed by atoms with E-state index in [1.54, 1.807) is 33.4 Å². The molecule has 0 saturated carbocycles. The van der Waals surface area contributed by atoms with Crippen molar-refractivity contribution >= 4 is 0 Å². The van der Waals surface area contributed by atoms with Gasteiger partial charge in [0.25, 0.3) is 0 Å². The second-order valence-electron chi connectivity index (χ2n) is 7.47. The van der Waals surface area contributed by atoms with Crippen molar-refractivity contribution in [3.8, 4) is 0 Å². The molecule has 0 bridgehead atoms. The SMILES string of the molecule is CC1=C(C)C2(C)CC3(C)C(C)=C(C)C(C)=[C]3[Ti+2][C]2=C1C.[Cl-].[Cl-]. The van der Waals surface area contributed by atoms with E-state index in [9.17, 15) is 0 Å². The third-order valence-electron chi connectivity index (χ3n) is 6.72. The van der Waals surface area contributed by atoms with E-state index in [0.29, 0.717) is 10.8 Å². The fourth-order valence-corrected chi connectivity index (χ4v) is 7.99. The molecule has 0 radical (unpaired) electrons. The van der Waals surface area contributed by atoms with E-state index in [1.165, 1.54) is 6.42 Å². The standard InChI is InChI=1S/C19H26.2ClH.Ti/c1-12-9-18(7,16(5)14(12)3)11-19(8)10-13(2)15(4)17(19)6;;;/h11H2,1-8H3;2*1H;/q;;;+2/p-2. The van der Waals surface area contributed by atoms with Crippen molar-refractivity contribution in [1.82, 2.24) is 0 Å². The molecule has 1 fully saturated rings. The van der Waals surface area contributed by atoms with Crippen LogP contribution < -0.4 is 24.8 Å². The first-order valence-electron chi connectivity index (χ1n) is 7.71. The first kappa shape index (κ1) is 20.3. The van der Waals surface area contributed by atoms with Gasteiger partial charge in [-0.1, -0.05) is 0 Å². The zero-order valence-corrected chi connectivity index (χ0v) is 18.0. The molecule has 2 unspecified atom stereocenters. The molecule has 0 spiro atoms. The van der Waals surface area contributed by atoms with Crippen LogP contribution >= 0.6 is 0 Å². The average molecular weight is 373 g/mol. The van der Waals surface area contributed by atoms with Gasteiger partial charge in [0.15, 0.2) is 0 Å². The number of hydrogen-bond acceptors (Lipinski definition) is 0. The van der Waals surface area contributed by atoms with Crippen LogP contribution in [0.2, 0.25) is 0 Å². The number of hydrogen-bond donors (Lipinski definition) is 0. The number of fused-ring (bicyclic) bond motifs is 2. The normalized spacial score (nSPS) is 33.1. The molecular weight excluding hydrogens is 347 g/mol. The van der Waals surface area contributed by atoms with Crippen molar-refractivity contribution in [2.45, 2.75) is 61.8 Å². The molecule has 0 aromatic rings. The number of rotatable bonds is 0. The van der Waals surface area contributed by atoms with E-state index in [-0.39, 0.29) is 44.0 Å². The Morgan fingerprint density at radius 1 is 0.636 bits per heavy atom. The van der Waals surface area contributed by atoms with Crippen LogP contribution in [0.3, 0.4) is 0 Å². The molecule has 1 aliphatic heterocycles. The molecule has 22 heavy (non-hydrogen) atoms. The minimum absolute atomic E-state index is 0. The zero-order chi connectivity index (χ0) is 15.0. The molecular formula is C19H26Cl2Ti. The van der Waals surface area contributed by atoms with Gasteiger partial charge in [0.05, 0.1) is 0 Å². The van der Waals surface area contributed by atoms with E-state index in [2.05, 4.69) is 55.4 Å². The van der Waals surface area contributed by atoms with E-state index in [1.807, 2.05) is 7.76 Å². The topological polar surface area (TPSA) is 0 Å². The smallest absolute Gasteiger partial charge is 1.00 e. The van der Waals surface area contributed by atoms with Gasteiger partial charge in [-0.25, -0.2) is 0 Å². The monoisotopic (exact) mass is 372 g/mol. The molecule has 120 valence electrons. The van der Waals surface area contributed by atoms with Crippen LogP contribution in [0.15, 0.2) is 41.2 Å². The molecule has 2 aliphatic carbocycles. The van der Waals surface area contributed by atoms with E-state index in [4.69, 9.17) is 0 Å². The summed E-state index contributed by atoms with van der Waals surface area (Å²) in [7, 11) is 0. The summed E-state index contributed by atoms with van der Waals surface area (Å²) < 4.78 is 3.64. The van der Waals surface area contributed by atoms with E-state index < -0.39 is 0 Å². The second kappa shape index (κ2) is 5.96. The predicted molar refractivity (Wildman–Crippen MR) is 83.0 cm³/mol. The molecule has 1 saturated heterocycles. The Morgan fingerprint density at radius 2 is 0.955 bits per heavy atom. The van der Waals surface area contributed by atoms with Crippen molar-refractivity contribution in [2.75, 3.05) is 0 Å². The van der Waals surface area contributed by atoms with Gasteiger partial charge in [0, 0.05) is 0 Å². The van der Waals surface area contributed by atoms with Crippen LogP contribution in [0.1, 0.15) is 61.8 Å². The van der Waals surface area contributed by atoms with Crippen LogP contribution in [-0.4, -0.2) is 0 Å². The summed E-state index contributed by atoms with van der Waals surface area (Å²) in [5, 5.41) is 0. The summed E-state index contributed by atoms with van der Waals surface area (Å²) in [5.74, 6) is 0. The third kappa shape index (κ3) is 2.21. The quantitative estimate of drug-likeness (QED) is 0.514. The van der Waals surface area contributed by atoms with Crippen molar-refractivity contribution in [1.29, 1.82) is 0 Å². The van der Waals surface area contributed by atoms with E-state index in [0.717, 1.165) is 0 Å². The molecule has 0 aromatic heterocycles. The fourth-order valence-electron chi connectivity index (χ4n) is 4.71. The van der Waals surface area contributed by atoms with Gasteiger partial charge >= 0.3 is 133 Å². The van der Waals surface area contributed by atoms with Crippen molar-refractivity contribution < 1.29 is 44.0 Å². The maximum absolute atomic E-state index is 2.51. The summed E-state index contributed by atoms with van der Waals surface area (Å²) in [6.45, 7) is 19.2. The summed E-state index contributed by atoms with van der Waals surface area (Å²) in [6, 6.07) is 0. The molecule has 0 aromatic carbocycles. The van der Waals surface area contributed by atoms with Gasteiger partial charge < -0.3 is 24.8 Å². The van der Waals surface area contributed by atoms with Gasteiger partial charge in [-0.2, -0.15) is 0 Å². The fraction of sp³-hybridized carbons (Fsp3) is 0.579. The van der Waals surface area contributed by atoms with Crippen LogP contribution in [-0.2, 0) is 19.2 Å². The maximum atomic E-state index is 2.51. The first-order valence-corrected chi connectivity index (χ1v) is 9.27. The largest absolute Gasteiger partial charge is 1.00 e. The molecule has 3 rings (SSSR count). The van der Waals surface area contributed by atoms with Crippen molar-refractivity contribution in [3.05, 3.63) is 41.2 Å². The molecule has 0 nitrogen and oxygen atoms in total. The van der Waals surface area contributed by atoms with Gasteiger partial charge in [-0.05, 0) is 0 Å². The summed E-state index contributed by atoms with van der Waals surface area (Å²) in [5.41, 5.74) is 10.4. The van der Waals surface area contributed by atoms with E-state index >= 15 is 0 Å². The summed E-state index contributed by atoms with van der Waals surface area (Å²) in [4.78, 5) is 0. The van der Waals surface area contributed by atoms with Crippen LogP contribution in [0.4, 0.5) is 0 Å². The Hall–Kier alpha value is 0.254.